The van der Waals surface area contributed by atoms with Crippen LogP contribution in [0.2, 0.25) is 0 Å². The van der Waals surface area contributed by atoms with Crippen LogP contribution in [0.15, 0.2) is 12.4 Å². The third kappa shape index (κ3) is 5.30. The highest BCUT2D eigenvalue weighted by Gasteiger charge is 2.05. The standard InChI is InChI=1S/C12H22IN3/c1-10(2)7-14-6-4-5-11(3)16-9-12(13)8-15-16/h8-11,14H,4-7H2,1-3H3. The summed E-state index contributed by atoms with van der Waals surface area (Å²) in [6, 6.07) is 0.504. The Morgan fingerprint density at radius 3 is 2.75 bits per heavy atom. The van der Waals surface area contributed by atoms with Gasteiger partial charge in [-0.1, -0.05) is 13.8 Å². The summed E-state index contributed by atoms with van der Waals surface area (Å²) in [6.07, 6.45) is 6.41. The zero-order valence-corrected chi connectivity index (χ0v) is 12.6. The number of aromatic nitrogens is 2. The highest BCUT2D eigenvalue weighted by atomic mass is 127. The van der Waals surface area contributed by atoms with Crippen LogP contribution in [-0.2, 0) is 0 Å². The Morgan fingerprint density at radius 2 is 2.19 bits per heavy atom. The summed E-state index contributed by atoms with van der Waals surface area (Å²) in [5, 5.41) is 7.80. The Kier molecular flexibility index (Phi) is 6.34. The molecule has 0 spiro atoms. The first-order valence-electron chi connectivity index (χ1n) is 6.00. The van der Waals surface area contributed by atoms with E-state index >= 15 is 0 Å². The van der Waals surface area contributed by atoms with Gasteiger partial charge in [0, 0.05) is 12.2 Å². The molecule has 0 bridgehead atoms. The van der Waals surface area contributed by atoms with Gasteiger partial charge in [-0.25, -0.2) is 0 Å². The Bertz CT molecular complexity index is 296. The average Bonchev–Trinajstić information content (AvgIpc) is 2.63. The van der Waals surface area contributed by atoms with Crippen LogP contribution in [0.3, 0.4) is 0 Å². The Morgan fingerprint density at radius 1 is 1.44 bits per heavy atom. The van der Waals surface area contributed by atoms with Gasteiger partial charge in [0.1, 0.15) is 0 Å². The van der Waals surface area contributed by atoms with E-state index in [-0.39, 0.29) is 0 Å². The largest absolute Gasteiger partial charge is 0.316 e. The molecule has 3 nitrogen and oxygen atoms in total. The maximum absolute atomic E-state index is 4.33. The van der Waals surface area contributed by atoms with Crippen molar-refractivity contribution >= 4 is 22.6 Å². The second kappa shape index (κ2) is 7.27. The lowest BCUT2D eigenvalue weighted by Gasteiger charge is -2.12. The van der Waals surface area contributed by atoms with E-state index in [2.05, 4.69) is 64.7 Å². The summed E-state index contributed by atoms with van der Waals surface area (Å²) in [5.41, 5.74) is 0. The minimum absolute atomic E-state index is 0.504. The van der Waals surface area contributed by atoms with E-state index in [0.29, 0.717) is 6.04 Å². The van der Waals surface area contributed by atoms with E-state index in [1.165, 1.54) is 16.4 Å². The summed E-state index contributed by atoms with van der Waals surface area (Å²) < 4.78 is 3.27. The molecule has 1 rings (SSSR count). The van der Waals surface area contributed by atoms with Gasteiger partial charge in [0.25, 0.3) is 0 Å². The van der Waals surface area contributed by atoms with Gasteiger partial charge in [-0.05, 0) is 61.4 Å². The van der Waals surface area contributed by atoms with Crippen molar-refractivity contribution in [2.24, 2.45) is 5.92 Å². The summed E-state index contributed by atoms with van der Waals surface area (Å²) >= 11 is 2.30. The fourth-order valence-corrected chi connectivity index (χ4v) is 2.01. The van der Waals surface area contributed by atoms with Gasteiger partial charge < -0.3 is 5.32 Å². The van der Waals surface area contributed by atoms with E-state index < -0.39 is 0 Å². The summed E-state index contributed by atoms with van der Waals surface area (Å²) in [4.78, 5) is 0. The number of nitrogens with one attached hydrogen (secondary N) is 1. The number of hydrogen-bond acceptors (Lipinski definition) is 2. The average molecular weight is 335 g/mol. The van der Waals surface area contributed by atoms with Gasteiger partial charge in [-0.15, -0.1) is 0 Å². The van der Waals surface area contributed by atoms with Crippen LogP contribution in [0, 0.1) is 9.49 Å². The fraction of sp³-hybridized carbons (Fsp3) is 0.750. The second-order valence-electron chi connectivity index (χ2n) is 4.73. The molecule has 1 atom stereocenters. The van der Waals surface area contributed by atoms with Crippen LogP contribution in [-0.4, -0.2) is 22.9 Å². The molecule has 1 heterocycles. The first-order chi connectivity index (χ1) is 7.59. The maximum atomic E-state index is 4.33. The Labute approximate surface area is 112 Å². The van der Waals surface area contributed by atoms with Gasteiger partial charge >= 0.3 is 0 Å². The number of nitrogens with zero attached hydrogens (tertiary/aromatic N) is 2. The quantitative estimate of drug-likeness (QED) is 0.613. The zero-order chi connectivity index (χ0) is 12.0. The van der Waals surface area contributed by atoms with Crippen molar-refractivity contribution in [3.8, 4) is 0 Å². The minimum Gasteiger partial charge on any atom is -0.316 e. The van der Waals surface area contributed by atoms with Gasteiger partial charge in [0.15, 0.2) is 0 Å². The molecule has 0 saturated heterocycles. The van der Waals surface area contributed by atoms with E-state index in [9.17, 15) is 0 Å². The molecular formula is C12H22IN3. The molecule has 0 aromatic carbocycles. The molecule has 1 aromatic heterocycles. The van der Waals surface area contributed by atoms with Crippen molar-refractivity contribution in [3.63, 3.8) is 0 Å². The molecule has 0 aliphatic heterocycles. The first-order valence-corrected chi connectivity index (χ1v) is 7.08. The van der Waals surface area contributed by atoms with Crippen molar-refractivity contribution < 1.29 is 0 Å². The van der Waals surface area contributed by atoms with Crippen molar-refractivity contribution in [1.82, 2.24) is 15.1 Å². The van der Waals surface area contributed by atoms with Crippen LogP contribution in [0.25, 0.3) is 0 Å². The van der Waals surface area contributed by atoms with E-state index in [4.69, 9.17) is 0 Å². The predicted octanol–water partition coefficient (Wildman–Crippen LogP) is 3.07. The van der Waals surface area contributed by atoms with E-state index in [0.717, 1.165) is 19.0 Å². The fourth-order valence-electron chi connectivity index (χ4n) is 1.60. The molecule has 1 N–H and O–H groups in total. The maximum Gasteiger partial charge on any atom is 0.0623 e. The van der Waals surface area contributed by atoms with Crippen molar-refractivity contribution in [1.29, 1.82) is 0 Å². The van der Waals surface area contributed by atoms with E-state index in [1.807, 2.05) is 6.20 Å². The molecule has 0 saturated carbocycles. The number of rotatable bonds is 7. The molecule has 1 aromatic rings. The predicted molar refractivity (Wildman–Crippen MR) is 76.6 cm³/mol. The molecule has 1 unspecified atom stereocenters. The number of halogens is 1. The third-order valence-corrected chi connectivity index (χ3v) is 3.11. The molecule has 0 fully saturated rings. The summed E-state index contributed by atoms with van der Waals surface area (Å²) in [7, 11) is 0. The molecule has 0 amide bonds. The van der Waals surface area contributed by atoms with E-state index in [1.54, 1.807) is 0 Å². The first kappa shape index (κ1) is 14.0. The molecule has 16 heavy (non-hydrogen) atoms. The van der Waals surface area contributed by atoms with Crippen molar-refractivity contribution in [2.45, 2.75) is 39.7 Å². The highest BCUT2D eigenvalue weighted by Crippen LogP contribution is 2.13. The van der Waals surface area contributed by atoms with Crippen molar-refractivity contribution in [2.75, 3.05) is 13.1 Å². The number of hydrogen-bond donors (Lipinski definition) is 1. The molecule has 92 valence electrons. The third-order valence-electron chi connectivity index (χ3n) is 2.55. The van der Waals surface area contributed by atoms with Crippen LogP contribution in [0.5, 0.6) is 0 Å². The van der Waals surface area contributed by atoms with Gasteiger partial charge in [0.05, 0.1) is 9.77 Å². The van der Waals surface area contributed by atoms with Gasteiger partial charge in [0.2, 0.25) is 0 Å². The zero-order valence-electron chi connectivity index (χ0n) is 10.4. The van der Waals surface area contributed by atoms with Crippen molar-refractivity contribution in [3.05, 3.63) is 16.0 Å². The lowest BCUT2D eigenvalue weighted by molar-refractivity contribution is 0.433. The molecule has 4 heteroatoms. The second-order valence-corrected chi connectivity index (χ2v) is 5.97. The lowest BCUT2D eigenvalue weighted by Crippen LogP contribution is -2.21. The van der Waals surface area contributed by atoms with Crippen LogP contribution < -0.4 is 5.32 Å². The Hall–Kier alpha value is -0.100. The van der Waals surface area contributed by atoms with Crippen LogP contribution in [0.1, 0.15) is 39.7 Å². The monoisotopic (exact) mass is 335 g/mol. The molecule has 0 aliphatic carbocycles. The van der Waals surface area contributed by atoms with Gasteiger partial charge in [-0.2, -0.15) is 5.10 Å². The minimum atomic E-state index is 0.504. The summed E-state index contributed by atoms with van der Waals surface area (Å²) in [6.45, 7) is 8.93. The molecule has 0 aliphatic rings. The molecule has 0 radical (unpaired) electrons. The van der Waals surface area contributed by atoms with Crippen LogP contribution in [0.4, 0.5) is 0 Å². The highest BCUT2D eigenvalue weighted by molar-refractivity contribution is 14.1. The van der Waals surface area contributed by atoms with Gasteiger partial charge in [-0.3, -0.25) is 4.68 Å². The Balaban J connectivity index is 2.13. The SMILES string of the molecule is CC(C)CNCCCC(C)n1cc(I)cn1. The smallest absolute Gasteiger partial charge is 0.0623 e. The van der Waals surface area contributed by atoms with Crippen LogP contribution >= 0.6 is 22.6 Å². The normalized spacial score (nSPS) is 13.3. The summed E-state index contributed by atoms with van der Waals surface area (Å²) in [5.74, 6) is 0.741. The molecular weight excluding hydrogens is 313 g/mol. The topological polar surface area (TPSA) is 29.9 Å². The lowest BCUT2D eigenvalue weighted by atomic mass is 10.2.